The van der Waals surface area contributed by atoms with Crippen LogP contribution in [0.4, 0.5) is 22.0 Å². The molecule has 19 heavy (non-hydrogen) atoms. The van der Waals surface area contributed by atoms with E-state index in [4.69, 9.17) is 0 Å². The van der Waals surface area contributed by atoms with Crippen LogP contribution in [0.25, 0.3) is 11.0 Å². The molecule has 0 amide bonds. The van der Waals surface area contributed by atoms with Crippen LogP contribution in [0.3, 0.4) is 0 Å². The molecule has 2 aromatic heterocycles. The molecular formula is C11H7F5N2O. The maximum absolute atomic E-state index is 13.2. The second kappa shape index (κ2) is 4.01. The van der Waals surface area contributed by atoms with Gasteiger partial charge in [-0.15, -0.1) is 0 Å². The molecule has 0 unspecified atom stereocenters. The summed E-state index contributed by atoms with van der Waals surface area (Å²) in [6, 6.07) is 3.11. The molecule has 102 valence electrons. The van der Waals surface area contributed by atoms with Gasteiger partial charge in [-0.1, -0.05) is 0 Å². The molecular weight excluding hydrogens is 271 g/mol. The summed E-state index contributed by atoms with van der Waals surface area (Å²) in [6.45, 7) is 1.36. The fraction of sp³-hybridized carbons (Fsp3) is 0.273. The van der Waals surface area contributed by atoms with Crippen molar-refractivity contribution >= 4 is 11.0 Å². The van der Waals surface area contributed by atoms with Crippen molar-refractivity contribution in [1.82, 2.24) is 9.97 Å². The Morgan fingerprint density at radius 1 is 1.16 bits per heavy atom. The number of hydrogen-bond acceptors (Lipinski definition) is 2. The molecule has 0 saturated heterocycles. The average Bonchev–Trinajstić information content (AvgIpc) is 2.26. The van der Waals surface area contributed by atoms with Crippen molar-refractivity contribution in [3.8, 4) is 0 Å². The molecule has 3 nitrogen and oxygen atoms in total. The number of rotatable bonds is 1. The summed E-state index contributed by atoms with van der Waals surface area (Å²) >= 11 is 0. The number of aromatic amines is 1. The Bertz CT molecular complexity index is 690. The minimum Gasteiger partial charge on any atom is -0.307 e. The van der Waals surface area contributed by atoms with E-state index in [1.54, 1.807) is 0 Å². The highest BCUT2D eigenvalue weighted by Gasteiger charge is 2.60. The quantitative estimate of drug-likeness (QED) is 0.815. The maximum Gasteiger partial charge on any atom is 0.459 e. The van der Waals surface area contributed by atoms with Crippen LogP contribution in [0.15, 0.2) is 23.0 Å². The van der Waals surface area contributed by atoms with E-state index in [0.29, 0.717) is 11.5 Å². The summed E-state index contributed by atoms with van der Waals surface area (Å²) in [4.78, 5) is 16.4. The second-order valence-electron chi connectivity index (χ2n) is 3.98. The summed E-state index contributed by atoms with van der Waals surface area (Å²) in [5, 5.41) is 0.307. The molecule has 0 atom stereocenters. The van der Waals surface area contributed by atoms with Crippen LogP contribution >= 0.6 is 0 Å². The van der Waals surface area contributed by atoms with Crippen LogP contribution in [-0.2, 0) is 5.92 Å². The number of aryl methyl sites for hydroxylation is 1. The van der Waals surface area contributed by atoms with Gasteiger partial charge < -0.3 is 4.98 Å². The number of halogens is 5. The van der Waals surface area contributed by atoms with Crippen molar-refractivity contribution in [1.29, 1.82) is 0 Å². The average molecular weight is 278 g/mol. The summed E-state index contributed by atoms with van der Waals surface area (Å²) in [5.74, 6) is -5.07. The molecule has 0 spiro atoms. The summed E-state index contributed by atoms with van der Waals surface area (Å²) in [7, 11) is 0. The largest absolute Gasteiger partial charge is 0.459 e. The van der Waals surface area contributed by atoms with E-state index < -0.39 is 23.4 Å². The Labute approximate surface area is 103 Å². The Morgan fingerprint density at radius 2 is 1.79 bits per heavy atom. The van der Waals surface area contributed by atoms with Crippen molar-refractivity contribution in [3.63, 3.8) is 0 Å². The number of fused-ring (bicyclic) bond motifs is 1. The fourth-order valence-corrected chi connectivity index (χ4v) is 1.61. The molecule has 0 fully saturated rings. The standard InChI is InChI=1S/C11H7F5N2O/c1-5-4-7(10(12,13)11(14,15)16)17-9-6(5)2-3-8(19)18-9/h2-4H,1H3,(H,17,18,19). The number of nitrogens with zero attached hydrogens (tertiary/aromatic N) is 1. The Morgan fingerprint density at radius 3 is 2.37 bits per heavy atom. The Kier molecular flexibility index (Phi) is 2.83. The molecule has 1 N–H and O–H groups in total. The number of aromatic nitrogens is 2. The number of hydrogen-bond donors (Lipinski definition) is 1. The van der Waals surface area contributed by atoms with E-state index in [-0.39, 0.29) is 11.2 Å². The molecule has 0 aliphatic carbocycles. The molecule has 2 rings (SSSR count). The molecule has 0 aromatic carbocycles. The van der Waals surface area contributed by atoms with Crippen molar-refractivity contribution < 1.29 is 22.0 Å². The minimum absolute atomic E-state index is 0.167. The van der Waals surface area contributed by atoms with Crippen LogP contribution in [0.2, 0.25) is 0 Å². The van der Waals surface area contributed by atoms with Crippen molar-refractivity contribution in [2.75, 3.05) is 0 Å². The smallest absolute Gasteiger partial charge is 0.307 e. The van der Waals surface area contributed by atoms with Gasteiger partial charge in [0.1, 0.15) is 11.3 Å². The molecule has 0 bridgehead atoms. The molecule has 2 heterocycles. The van der Waals surface area contributed by atoms with Crippen LogP contribution in [0, 0.1) is 6.92 Å². The molecule has 0 radical (unpaired) electrons. The van der Waals surface area contributed by atoms with E-state index in [0.717, 1.165) is 6.07 Å². The highest BCUT2D eigenvalue weighted by Crippen LogP contribution is 2.43. The molecule has 0 aliphatic rings. The number of pyridine rings is 2. The topological polar surface area (TPSA) is 45.8 Å². The SMILES string of the molecule is Cc1cc(C(F)(F)C(F)(F)F)nc2[nH]c(=O)ccc12. The molecule has 8 heteroatoms. The molecule has 0 aliphatic heterocycles. The van der Waals surface area contributed by atoms with E-state index >= 15 is 0 Å². The summed E-state index contributed by atoms with van der Waals surface area (Å²) in [5.41, 5.74) is -2.20. The first-order chi connectivity index (χ1) is 8.63. The Balaban J connectivity index is 2.74. The van der Waals surface area contributed by atoms with Gasteiger partial charge in [-0.25, -0.2) is 4.98 Å². The van der Waals surface area contributed by atoms with Gasteiger partial charge in [-0.05, 0) is 24.6 Å². The fourth-order valence-electron chi connectivity index (χ4n) is 1.61. The number of nitrogens with one attached hydrogen (secondary N) is 1. The van der Waals surface area contributed by atoms with Gasteiger partial charge in [-0.3, -0.25) is 4.79 Å². The predicted octanol–water partition coefficient (Wildman–Crippen LogP) is 2.89. The first-order valence-corrected chi connectivity index (χ1v) is 5.08. The van der Waals surface area contributed by atoms with E-state index in [9.17, 15) is 26.7 Å². The zero-order chi connectivity index (χ0) is 14.4. The lowest BCUT2D eigenvalue weighted by Gasteiger charge is -2.19. The third-order valence-electron chi connectivity index (χ3n) is 2.59. The summed E-state index contributed by atoms with van der Waals surface area (Å²) < 4.78 is 63.2. The lowest BCUT2D eigenvalue weighted by Crippen LogP contribution is -2.34. The van der Waals surface area contributed by atoms with E-state index in [1.165, 1.54) is 13.0 Å². The van der Waals surface area contributed by atoms with Gasteiger partial charge in [0.15, 0.2) is 0 Å². The first-order valence-electron chi connectivity index (χ1n) is 5.08. The normalized spacial score (nSPS) is 12.9. The monoisotopic (exact) mass is 278 g/mol. The van der Waals surface area contributed by atoms with Crippen molar-refractivity contribution in [2.24, 2.45) is 0 Å². The minimum atomic E-state index is -5.74. The van der Waals surface area contributed by atoms with Crippen LogP contribution in [-0.4, -0.2) is 16.1 Å². The first kappa shape index (κ1) is 13.4. The van der Waals surface area contributed by atoms with Gasteiger partial charge in [0, 0.05) is 11.5 Å². The third kappa shape index (κ3) is 2.18. The number of H-pyrrole nitrogens is 1. The van der Waals surface area contributed by atoms with Crippen LogP contribution in [0.5, 0.6) is 0 Å². The lowest BCUT2D eigenvalue weighted by molar-refractivity contribution is -0.290. The van der Waals surface area contributed by atoms with Gasteiger partial charge in [0.25, 0.3) is 0 Å². The predicted molar refractivity (Wildman–Crippen MR) is 57.0 cm³/mol. The molecule has 2 aromatic rings. The maximum atomic E-state index is 13.2. The van der Waals surface area contributed by atoms with Crippen molar-refractivity contribution in [3.05, 3.63) is 39.8 Å². The lowest BCUT2D eigenvalue weighted by atomic mass is 10.1. The highest BCUT2D eigenvalue weighted by atomic mass is 19.4. The van der Waals surface area contributed by atoms with Gasteiger partial charge in [0.2, 0.25) is 5.56 Å². The zero-order valence-corrected chi connectivity index (χ0v) is 9.48. The molecule has 0 saturated carbocycles. The van der Waals surface area contributed by atoms with E-state index in [2.05, 4.69) is 9.97 Å². The van der Waals surface area contributed by atoms with Gasteiger partial charge >= 0.3 is 12.1 Å². The summed E-state index contributed by atoms with van der Waals surface area (Å²) in [6.07, 6.45) is -5.74. The van der Waals surface area contributed by atoms with E-state index in [1.807, 2.05) is 0 Å². The second-order valence-corrected chi connectivity index (χ2v) is 3.98. The van der Waals surface area contributed by atoms with Crippen LogP contribution < -0.4 is 5.56 Å². The highest BCUT2D eigenvalue weighted by molar-refractivity contribution is 5.78. The third-order valence-corrected chi connectivity index (χ3v) is 2.59. The van der Waals surface area contributed by atoms with Crippen LogP contribution in [0.1, 0.15) is 11.3 Å². The Hall–Kier alpha value is -1.99. The van der Waals surface area contributed by atoms with Gasteiger partial charge in [0.05, 0.1) is 0 Å². The number of alkyl halides is 5. The van der Waals surface area contributed by atoms with Crippen molar-refractivity contribution in [2.45, 2.75) is 19.0 Å². The van der Waals surface area contributed by atoms with Gasteiger partial charge in [-0.2, -0.15) is 22.0 Å². The zero-order valence-electron chi connectivity index (χ0n) is 9.48.